The monoisotopic (exact) mass is 674 g/mol. The van der Waals surface area contributed by atoms with Gasteiger partial charge in [-0.15, -0.1) is 0 Å². The van der Waals surface area contributed by atoms with Crippen molar-refractivity contribution in [3.63, 3.8) is 0 Å². The Morgan fingerprint density at radius 3 is 2.04 bits per heavy atom. The molecular weight excluding hydrogens is 625 g/mol. The molecule has 2 aromatic carbocycles. The first-order valence-corrected chi connectivity index (χ1v) is 19.7. The van der Waals surface area contributed by atoms with E-state index in [1.165, 1.54) is 12.1 Å². The number of hydrogen-bond donors (Lipinski definition) is 3. The van der Waals surface area contributed by atoms with E-state index >= 15 is 0 Å². The van der Waals surface area contributed by atoms with Crippen LogP contribution in [0.4, 0.5) is 0 Å². The highest BCUT2D eigenvalue weighted by atomic mass is 32.2. The lowest BCUT2D eigenvalue weighted by Gasteiger charge is -2.42. The SMILES string of the molecule is COC[C@H](C)Oc1cc(Oc2ccc(S(C)(=O)=O)cc2)cc(-c2ccc(C(=O)NC[C@H](O)CO[Si](C(C)C)(C(C)C)C(C)C)[nH]2)c1. The molecular formula is C34H50N2O8SSi. The maximum absolute atomic E-state index is 13.0. The molecule has 12 heteroatoms. The zero-order valence-corrected chi connectivity index (χ0v) is 30.2. The number of methoxy groups -OCH3 is 1. The first-order chi connectivity index (χ1) is 21.6. The van der Waals surface area contributed by atoms with Gasteiger partial charge in [0.1, 0.15) is 29.0 Å². The second-order valence-corrected chi connectivity index (χ2v) is 20.2. The maximum atomic E-state index is 13.0. The van der Waals surface area contributed by atoms with Gasteiger partial charge in [0.15, 0.2) is 18.2 Å². The van der Waals surface area contributed by atoms with Gasteiger partial charge >= 0.3 is 0 Å². The first kappa shape index (κ1) is 37.3. The minimum Gasteiger partial charge on any atom is -0.488 e. The van der Waals surface area contributed by atoms with Crippen LogP contribution in [0.1, 0.15) is 59.0 Å². The topological polar surface area (TPSA) is 136 Å². The number of H-pyrrole nitrogens is 1. The normalized spacial score (nSPS) is 13.7. The third kappa shape index (κ3) is 9.68. The van der Waals surface area contributed by atoms with Gasteiger partial charge in [-0.3, -0.25) is 4.79 Å². The number of hydrogen-bond acceptors (Lipinski definition) is 8. The Morgan fingerprint density at radius 1 is 0.870 bits per heavy atom. The van der Waals surface area contributed by atoms with E-state index in [0.717, 1.165) is 6.26 Å². The molecule has 254 valence electrons. The molecule has 1 aromatic heterocycles. The van der Waals surface area contributed by atoms with E-state index in [2.05, 4.69) is 51.8 Å². The molecule has 0 saturated carbocycles. The number of sulfone groups is 1. The second kappa shape index (κ2) is 16.1. The van der Waals surface area contributed by atoms with Gasteiger partial charge in [-0.2, -0.15) is 0 Å². The van der Waals surface area contributed by atoms with Crippen molar-refractivity contribution in [1.82, 2.24) is 10.3 Å². The molecule has 1 heterocycles. The van der Waals surface area contributed by atoms with Crippen molar-refractivity contribution in [3.8, 4) is 28.5 Å². The molecule has 0 unspecified atom stereocenters. The van der Waals surface area contributed by atoms with Gasteiger partial charge in [-0.05, 0) is 72.1 Å². The van der Waals surface area contributed by atoms with Crippen molar-refractivity contribution in [3.05, 3.63) is 60.3 Å². The van der Waals surface area contributed by atoms with Gasteiger partial charge < -0.3 is 34.0 Å². The average molecular weight is 675 g/mol. The molecule has 3 N–H and O–H groups in total. The first-order valence-electron chi connectivity index (χ1n) is 15.6. The van der Waals surface area contributed by atoms with E-state index in [0.29, 0.717) is 57.4 Å². The Balaban J connectivity index is 1.75. The summed E-state index contributed by atoms with van der Waals surface area (Å²) < 4.78 is 47.5. The Kier molecular flexibility index (Phi) is 13.1. The molecule has 3 aromatic rings. The van der Waals surface area contributed by atoms with Gasteiger partial charge in [-0.1, -0.05) is 41.5 Å². The number of benzene rings is 2. The largest absolute Gasteiger partial charge is 0.488 e. The van der Waals surface area contributed by atoms with Crippen LogP contribution in [-0.2, 0) is 19.0 Å². The van der Waals surface area contributed by atoms with Gasteiger partial charge in [0.25, 0.3) is 5.91 Å². The van der Waals surface area contributed by atoms with Crippen molar-refractivity contribution in [2.45, 2.75) is 82.2 Å². The van der Waals surface area contributed by atoms with E-state index in [1.54, 1.807) is 43.5 Å². The van der Waals surface area contributed by atoms with E-state index in [4.69, 9.17) is 18.6 Å². The van der Waals surface area contributed by atoms with Gasteiger partial charge in [0, 0.05) is 37.2 Å². The molecule has 2 atom stereocenters. The highest BCUT2D eigenvalue weighted by Crippen LogP contribution is 2.42. The number of aliphatic hydroxyl groups excluding tert-OH is 1. The predicted octanol–water partition coefficient (Wildman–Crippen LogP) is 6.57. The highest BCUT2D eigenvalue weighted by molar-refractivity contribution is 7.90. The molecule has 0 aliphatic carbocycles. The van der Waals surface area contributed by atoms with E-state index < -0.39 is 24.3 Å². The second-order valence-electron chi connectivity index (χ2n) is 12.7. The summed E-state index contributed by atoms with van der Waals surface area (Å²) in [6, 6.07) is 15.0. The van der Waals surface area contributed by atoms with Gasteiger partial charge in [-0.25, -0.2) is 8.42 Å². The van der Waals surface area contributed by atoms with Crippen LogP contribution in [0.15, 0.2) is 59.5 Å². The Bertz CT molecular complexity index is 1510. The summed E-state index contributed by atoms with van der Waals surface area (Å²) in [5.41, 5.74) is 2.86. The molecule has 1 amide bonds. The third-order valence-corrected chi connectivity index (χ3v) is 15.3. The van der Waals surface area contributed by atoms with Crippen LogP contribution in [-0.4, -0.2) is 78.1 Å². The highest BCUT2D eigenvalue weighted by Gasteiger charge is 2.45. The average Bonchev–Trinajstić information content (AvgIpc) is 3.46. The third-order valence-electron chi connectivity index (χ3n) is 8.08. The van der Waals surface area contributed by atoms with Crippen LogP contribution in [0.25, 0.3) is 11.3 Å². The van der Waals surface area contributed by atoms with Crippen LogP contribution in [0.5, 0.6) is 17.2 Å². The van der Waals surface area contributed by atoms with Gasteiger partial charge in [0.05, 0.1) is 24.2 Å². The lowest BCUT2D eigenvalue weighted by Crippen LogP contribution is -2.50. The fourth-order valence-electron chi connectivity index (χ4n) is 6.05. The van der Waals surface area contributed by atoms with Gasteiger partial charge in [0.2, 0.25) is 0 Å². The summed E-state index contributed by atoms with van der Waals surface area (Å²) in [5.74, 6) is 1.08. The summed E-state index contributed by atoms with van der Waals surface area (Å²) in [6.07, 6.45) is 0.0741. The summed E-state index contributed by atoms with van der Waals surface area (Å²) in [4.78, 5) is 16.4. The summed E-state index contributed by atoms with van der Waals surface area (Å²) in [5, 5.41) is 13.5. The summed E-state index contributed by atoms with van der Waals surface area (Å²) >= 11 is 0. The lowest BCUT2D eigenvalue weighted by molar-refractivity contribution is 0.0809. The molecule has 46 heavy (non-hydrogen) atoms. The number of nitrogens with one attached hydrogen (secondary N) is 2. The number of amides is 1. The number of rotatable bonds is 17. The predicted molar refractivity (Wildman–Crippen MR) is 183 cm³/mol. The molecule has 0 fully saturated rings. The smallest absolute Gasteiger partial charge is 0.267 e. The number of aliphatic hydroxyl groups is 1. The molecule has 0 bridgehead atoms. The summed E-state index contributed by atoms with van der Waals surface area (Å²) in [7, 11) is -3.87. The van der Waals surface area contributed by atoms with Crippen molar-refractivity contribution in [2.24, 2.45) is 0 Å². The van der Waals surface area contributed by atoms with Crippen LogP contribution in [0, 0.1) is 0 Å². The van der Waals surface area contributed by atoms with E-state index in [9.17, 15) is 18.3 Å². The minimum atomic E-state index is -3.34. The standard InChI is InChI=1S/C34H50N2O8SSi/c1-22(2)46(23(3)4,24(5)6)42-21-27(37)19-35-34(38)33-15-14-32(36-33)26-16-29(43-25(7)20-41-8)18-30(17-26)44-28-10-12-31(13-11-28)45(9,39)40/h10-18,22-25,27,36-37H,19-21H2,1-9H3,(H,35,38)/t25-,27-/m0/s1. The number of carbonyl (C=O) groups excluding carboxylic acids is 1. The van der Waals surface area contributed by atoms with Crippen LogP contribution >= 0.6 is 0 Å². The fraction of sp³-hybridized carbons (Fsp3) is 0.500. The zero-order chi connectivity index (χ0) is 34.2. The van der Waals surface area contributed by atoms with Crippen molar-refractivity contribution >= 4 is 24.1 Å². The Morgan fingerprint density at radius 2 is 1.48 bits per heavy atom. The van der Waals surface area contributed by atoms with Crippen LogP contribution < -0.4 is 14.8 Å². The van der Waals surface area contributed by atoms with Crippen molar-refractivity contribution in [2.75, 3.05) is 33.1 Å². The van der Waals surface area contributed by atoms with Crippen molar-refractivity contribution in [1.29, 1.82) is 0 Å². The molecule has 0 spiro atoms. The number of aromatic nitrogens is 1. The molecule has 3 rings (SSSR count). The number of aromatic amines is 1. The Hall–Kier alpha value is -3.16. The minimum absolute atomic E-state index is 0.0583. The number of ether oxygens (including phenoxy) is 3. The number of carbonyl (C=O) groups is 1. The molecule has 0 saturated heterocycles. The van der Waals surface area contributed by atoms with Crippen LogP contribution in [0.3, 0.4) is 0 Å². The maximum Gasteiger partial charge on any atom is 0.267 e. The Labute approximate surface area is 274 Å². The zero-order valence-electron chi connectivity index (χ0n) is 28.4. The summed E-state index contributed by atoms with van der Waals surface area (Å²) in [6.45, 7) is 15.7. The fourth-order valence-corrected chi connectivity index (χ4v) is 12.2. The quantitative estimate of drug-likeness (QED) is 0.137. The van der Waals surface area contributed by atoms with E-state index in [1.807, 2.05) is 13.0 Å². The molecule has 0 radical (unpaired) electrons. The molecule has 0 aliphatic rings. The molecule has 10 nitrogen and oxygen atoms in total. The van der Waals surface area contributed by atoms with Crippen molar-refractivity contribution < 1.29 is 37.0 Å². The van der Waals surface area contributed by atoms with E-state index in [-0.39, 0.29) is 30.1 Å². The van der Waals surface area contributed by atoms with Crippen LogP contribution in [0.2, 0.25) is 16.6 Å². The molecule has 0 aliphatic heterocycles. The lowest BCUT2D eigenvalue weighted by atomic mass is 10.1.